The third-order valence-corrected chi connectivity index (χ3v) is 10.9. The number of carboxylic acids is 1. The predicted molar refractivity (Wildman–Crippen MR) is 173 cm³/mol. The number of nitrogens with zero attached hydrogens (tertiary/aromatic N) is 2. The van der Waals surface area contributed by atoms with Crippen molar-refractivity contribution in [1.82, 2.24) is 0 Å². The highest BCUT2D eigenvalue weighted by molar-refractivity contribution is 6.32. The Labute approximate surface area is 284 Å². The second-order valence-corrected chi connectivity index (χ2v) is 13.3. The minimum Gasteiger partial charge on any atom is -0.508 e. The minimum atomic E-state index is -1.49. The monoisotopic (exact) mass is 688 g/mol. The van der Waals surface area contributed by atoms with Crippen molar-refractivity contribution in [2.75, 3.05) is 24.0 Å². The lowest BCUT2D eigenvalue weighted by Crippen LogP contribution is -2.49. The molecule has 2 aliphatic heterocycles. The van der Waals surface area contributed by atoms with Crippen molar-refractivity contribution in [2.45, 2.75) is 25.7 Å². The average molecular weight is 689 g/mol. The van der Waals surface area contributed by atoms with E-state index in [1.807, 2.05) is 6.08 Å². The molecule has 0 radical (unpaired) electrons. The van der Waals surface area contributed by atoms with E-state index in [1.54, 1.807) is 6.92 Å². The average Bonchev–Trinajstić information content (AvgIpc) is 3.45. The molecule has 2 aliphatic carbocycles. The van der Waals surface area contributed by atoms with Crippen molar-refractivity contribution >= 4 is 52.6 Å². The summed E-state index contributed by atoms with van der Waals surface area (Å²) in [7, 11) is 2.78. The van der Waals surface area contributed by atoms with Gasteiger partial charge in [0.2, 0.25) is 23.6 Å². The second-order valence-electron chi connectivity index (χ2n) is 12.9. The Morgan fingerprint density at radius 3 is 2.22 bits per heavy atom. The number of anilines is 2. The molecule has 0 spiro atoms. The van der Waals surface area contributed by atoms with E-state index in [9.17, 15) is 38.6 Å². The summed E-state index contributed by atoms with van der Waals surface area (Å²) in [5, 5.41) is 19.8. The van der Waals surface area contributed by atoms with Crippen molar-refractivity contribution < 1.29 is 48.0 Å². The number of aromatic hydroxyl groups is 1. The molecule has 7 rings (SSSR count). The summed E-state index contributed by atoms with van der Waals surface area (Å²) in [6, 6.07) is 11.9. The summed E-state index contributed by atoms with van der Waals surface area (Å²) >= 11 is 6.08. The minimum absolute atomic E-state index is 0.0285. The van der Waals surface area contributed by atoms with Crippen LogP contribution in [0.25, 0.3) is 0 Å². The second kappa shape index (κ2) is 11.4. The zero-order chi connectivity index (χ0) is 35.1. The molecule has 2 saturated heterocycles. The number of methoxy groups -OCH3 is 2. The van der Waals surface area contributed by atoms with Crippen LogP contribution in [-0.2, 0) is 19.2 Å². The molecule has 0 bridgehead atoms. The van der Waals surface area contributed by atoms with Crippen molar-refractivity contribution in [2.24, 2.45) is 29.1 Å². The van der Waals surface area contributed by atoms with E-state index < -0.39 is 70.4 Å². The van der Waals surface area contributed by atoms with Crippen LogP contribution < -0.4 is 19.3 Å². The van der Waals surface area contributed by atoms with Crippen LogP contribution in [0.4, 0.5) is 15.8 Å². The van der Waals surface area contributed by atoms with E-state index in [1.165, 1.54) is 62.8 Å². The molecular formula is C36H30ClFN2O9. The van der Waals surface area contributed by atoms with Crippen LogP contribution in [-0.4, -0.2) is 54.0 Å². The number of carbonyl (C=O) groups is 5. The first-order valence-electron chi connectivity index (χ1n) is 15.5. The van der Waals surface area contributed by atoms with Crippen LogP contribution in [0.5, 0.6) is 17.2 Å². The Bertz CT molecular complexity index is 2010. The van der Waals surface area contributed by atoms with Gasteiger partial charge in [-0.3, -0.25) is 24.1 Å². The molecule has 3 fully saturated rings. The Morgan fingerprint density at radius 1 is 0.918 bits per heavy atom. The number of hydrogen-bond donors (Lipinski definition) is 2. The normalized spacial score (nSPS) is 27.4. The van der Waals surface area contributed by atoms with Gasteiger partial charge >= 0.3 is 5.97 Å². The maximum absolute atomic E-state index is 14.7. The number of aromatic carboxylic acids is 1. The number of phenols is 1. The van der Waals surface area contributed by atoms with Crippen molar-refractivity contribution in [3.05, 3.63) is 88.2 Å². The van der Waals surface area contributed by atoms with E-state index in [0.717, 1.165) is 15.9 Å². The Balaban J connectivity index is 1.41. The first kappa shape index (κ1) is 32.3. The largest absolute Gasteiger partial charge is 0.508 e. The van der Waals surface area contributed by atoms with E-state index in [4.69, 9.17) is 21.1 Å². The molecule has 11 nitrogen and oxygen atoms in total. The van der Waals surface area contributed by atoms with Gasteiger partial charge in [-0.1, -0.05) is 29.3 Å². The van der Waals surface area contributed by atoms with Crippen LogP contribution in [0.2, 0.25) is 5.02 Å². The number of imide groups is 2. The molecule has 2 heterocycles. The maximum atomic E-state index is 14.7. The van der Waals surface area contributed by atoms with Gasteiger partial charge in [-0.15, -0.1) is 0 Å². The number of carboxylic acid groups (broad SMARTS) is 1. The zero-order valence-corrected chi connectivity index (χ0v) is 27.2. The molecular weight excluding hydrogens is 659 g/mol. The Morgan fingerprint density at radius 2 is 1.59 bits per heavy atom. The van der Waals surface area contributed by atoms with Crippen LogP contribution in [0.15, 0.2) is 66.2 Å². The maximum Gasteiger partial charge on any atom is 0.335 e. The number of benzene rings is 3. The third-order valence-electron chi connectivity index (χ3n) is 10.6. The molecule has 13 heteroatoms. The van der Waals surface area contributed by atoms with Gasteiger partial charge < -0.3 is 19.7 Å². The molecule has 4 amide bonds. The predicted octanol–water partition coefficient (Wildman–Crippen LogP) is 5.34. The summed E-state index contributed by atoms with van der Waals surface area (Å²) in [5.41, 5.74) is -0.394. The Kier molecular flexibility index (Phi) is 7.55. The summed E-state index contributed by atoms with van der Waals surface area (Å²) in [6.45, 7) is 1.66. The number of halogens is 2. The first-order chi connectivity index (χ1) is 23.3. The van der Waals surface area contributed by atoms with Gasteiger partial charge in [0.05, 0.1) is 59.3 Å². The van der Waals surface area contributed by atoms with Crippen LogP contribution >= 0.6 is 11.6 Å². The molecule has 6 atom stereocenters. The summed E-state index contributed by atoms with van der Waals surface area (Å²) < 4.78 is 25.6. The van der Waals surface area contributed by atoms with Crippen LogP contribution in [0.3, 0.4) is 0 Å². The van der Waals surface area contributed by atoms with Crippen molar-refractivity contribution in [3.63, 3.8) is 0 Å². The smallest absolute Gasteiger partial charge is 0.335 e. The topological polar surface area (TPSA) is 151 Å². The lowest BCUT2D eigenvalue weighted by Gasteiger charge is -2.49. The van der Waals surface area contributed by atoms with Gasteiger partial charge in [-0.2, -0.15) is 0 Å². The zero-order valence-electron chi connectivity index (χ0n) is 26.5. The lowest BCUT2D eigenvalue weighted by atomic mass is 9.51. The third kappa shape index (κ3) is 4.57. The standard InChI is InChI=1S/C36H30ClFN2O9/c1-36-23(32(43)40(35(36)47)18-7-10-25(38)24(37)12-18)15-22-20(30(36)29-26(48-2)13-19(41)14-27(29)49-3)8-9-21-28(22)33(44)39(31(21)42)17-6-4-5-16(11-17)34(45)46/h4-8,10-14,21-23,28,30,41H,9,15H2,1-3H3,(H,45,46)/t21-,22+,23-,28-,30+,36+/m0/s1. The molecule has 1 saturated carbocycles. The van der Waals surface area contributed by atoms with Gasteiger partial charge in [-0.25, -0.2) is 14.1 Å². The SMILES string of the molecule is COc1cc(O)cc(OC)c1[C@H]1C2=CC[C@@H]3C(=O)N(c4cccc(C(=O)O)c4)C(=O)[C@@H]3[C@@H]2C[C@H]2C(=O)N(c3ccc(F)c(Cl)c3)C(=O)[C@@]12C. The lowest BCUT2D eigenvalue weighted by molar-refractivity contribution is -0.131. The van der Waals surface area contributed by atoms with Crippen LogP contribution in [0, 0.1) is 34.9 Å². The van der Waals surface area contributed by atoms with Gasteiger partial charge in [-0.05, 0) is 62.1 Å². The fourth-order valence-electron chi connectivity index (χ4n) is 8.44. The fourth-order valence-corrected chi connectivity index (χ4v) is 8.61. The van der Waals surface area contributed by atoms with Gasteiger partial charge in [0.1, 0.15) is 23.1 Å². The number of hydrogen-bond acceptors (Lipinski definition) is 8. The molecule has 49 heavy (non-hydrogen) atoms. The molecule has 0 aromatic heterocycles. The van der Waals surface area contributed by atoms with E-state index >= 15 is 0 Å². The highest BCUT2D eigenvalue weighted by atomic mass is 35.5. The molecule has 252 valence electrons. The highest BCUT2D eigenvalue weighted by Crippen LogP contribution is 2.65. The molecule has 3 aromatic rings. The number of amides is 4. The van der Waals surface area contributed by atoms with Gasteiger partial charge in [0.15, 0.2) is 0 Å². The summed E-state index contributed by atoms with van der Waals surface area (Å²) in [6.07, 6.45) is 2.00. The number of allylic oxidation sites excluding steroid dienone is 2. The Hall–Kier alpha value is -5.23. The first-order valence-corrected chi connectivity index (χ1v) is 15.9. The molecule has 3 aromatic carbocycles. The number of carbonyl (C=O) groups excluding carboxylic acids is 4. The highest BCUT2D eigenvalue weighted by Gasteiger charge is 2.68. The molecule has 2 N–H and O–H groups in total. The van der Waals surface area contributed by atoms with Crippen LogP contribution in [0.1, 0.15) is 41.6 Å². The fraction of sp³-hybridized carbons (Fsp3) is 0.306. The summed E-state index contributed by atoms with van der Waals surface area (Å²) in [4.78, 5) is 71.0. The quantitative estimate of drug-likeness (QED) is 0.259. The van der Waals surface area contributed by atoms with Gasteiger partial charge in [0, 0.05) is 23.6 Å². The number of fused-ring (bicyclic) bond motifs is 4. The van der Waals surface area contributed by atoms with E-state index in [0.29, 0.717) is 11.1 Å². The summed E-state index contributed by atoms with van der Waals surface area (Å²) in [5.74, 6) is -8.37. The molecule has 4 aliphatic rings. The number of phenolic OH excluding ortho intramolecular Hbond substituents is 1. The number of rotatable bonds is 6. The number of ether oxygens (including phenoxy) is 2. The van der Waals surface area contributed by atoms with E-state index in [2.05, 4.69) is 0 Å². The van der Waals surface area contributed by atoms with Gasteiger partial charge in [0.25, 0.3) is 0 Å². The van der Waals surface area contributed by atoms with E-state index in [-0.39, 0.29) is 52.1 Å². The molecule has 0 unspecified atom stereocenters. The van der Waals surface area contributed by atoms with Crippen molar-refractivity contribution in [1.29, 1.82) is 0 Å². The van der Waals surface area contributed by atoms with Crippen molar-refractivity contribution in [3.8, 4) is 17.2 Å².